The molecule has 1 heterocycles. The SMILES string of the molecule is NCc1ccc(Cl)c(-c2nn(-c3cc(F)cc(C(F)(F)F)c3)c(=O)[nH]2)c1. The van der Waals surface area contributed by atoms with Gasteiger partial charge in [-0.05, 0) is 35.9 Å². The Morgan fingerprint density at radius 2 is 1.92 bits per heavy atom. The predicted molar refractivity (Wildman–Crippen MR) is 87.5 cm³/mol. The maximum atomic E-state index is 13.6. The van der Waals surface area contributed by atoms with Crippen molar-refractivity contribution >= 4 is 11.6 Å². The second-order valence-corrected chi connectivity index (χ2v) is 5.81. The van der Waals surface area contributed by atoms with Gasteiger partial charge >= 0.3 is 11.9 Å². The summed E-state index contributed by atoms with van der Waals surface area (Å²) in [6.45, 7) is 0.216. The van der Waals surface area contributed by atoms with Gasteiger partial charge in [0.25, 0.3) is 0 Å². The van der Waals surface area contributed by atoms with Crippen molar-refractivity contribution in [3.8, 4) is 17.1 Å². The number of halogens is 5. The highest BCUT2D eigenvalue weighted by Crippen LogP contribution is 2.31. The molecule has 0 radical (unpaired) electrons. The van der Waals surface area contributed by atoms with Gasteiger partial charge in [0.2, 0.25) is 0 Å². The lowest BCUT2D eigenvalue weighted by atomic mass is 10.1. The first-order valence-electron chi connectivity index (χ1n) is 7.25. The van der Waals surface area contributed by atoms with E-state index in [0.29, 0.717) is 27.9 Å². The van der Waals surface area contributed by atoms with Gasteiger partial charge in [0.1, 0.15) is 5.82 Å². The van der Waals surface area contributed by atoms with Gasteiger partial charge in [-0.3, -0.25) is 4.98 Å². The lowest BCUT2D eigenvalue weighted by molar-refractivity contribution is -0.137. The third kappa shape index (κ3) is 3.49. The average Bonchev–Trinajstić information content (AvgIpc) is 2.95. The highest BCUT2D eigenvalue weighted by molar-refractivity contribution is 6.33. The van der Waals surface area contributed by atoms with E-state index >= 15 is 0 Å². The molecule has 0 atom stereocenters. The zero-order valence-corrected chi connectivity index (χ0v) is 13.7. The van der Waals surface area contributed by atoms with E-state index in [9.17, 15) is 22.4 Å². The molecule has 0 aliphatic carbocycles. The van der Waals surface area contributed by atoms with Crippen LogP contribution in [0, 0.1) is 5.82 Å². The monoisotopic (exact) mass is 386 g/mol. The van der Waals surface area contributed by atoms with Gasteiger partial charge in [-0.25, -0.2) is 9.18 Å². The minimum atomic E-state index is -4.77. The summed E-state index contributed by atoms with van der Waals surface area (Å²) in [7, 11) is 0. The molecule has 0 unspecified atom stereocenters. The normalized spacial score (nSPS) is 11.8. The van der Waals surface area contributed by atoms with Crippen LogP contribution in [0.25, 0.3) is 17.1 Å². The van der Waals surface area contributed by atoms with Crippen molar-refractivity contribution in [3.63, 3.8) is 0 Å². The number of rotatable bonds is 3. The topological polar surface area (TPSA) is 76.7 Å². The van der Waals surface area contributed by atoms with E-state index in [1.807, 2.05) is 0 Å². The van der Waals surface area contributed by atoms with Crippen LogP contribution in [-0.4, -0.2) is 14.8 Å². The third-order valence-electron chi connectivity index (χ3n) is 3.59. The van der Waals surface area contributed by atoms with Crippen molar-refractivity contribution in [1.29, 1.82) is 0 Å². The Hall–Kier alpha value is -2.65. The Morgan fingerprint density at radius 1 is 1.19 bits per heavy atom. The molecular weight excluding hydrogens is 376 g/mol. The fourth-order valence-corrected chi connectivity index (χ4v) is 2.57. The highest BCUT2D eigenvalue weighted by Gasteiger charge is 2.31. The van der Waals surface area contributed by atoms with Crippen LogP contribution in [0.4, 0.5) is 17.6 Å². The van der Waals surface area contributed by atoms with Crippen LogP contribution < -0.4 is 11.4 Å². The van der Waals surface area contributed by atoms with Gasteiger partial charge < -0.3 is 5.73 Å². The number of hydrogen-bond donors (Lipinski definition) is 2. The molecule has 3 rings (SSSR count). The number of aromatic nitrogens is 3. The summed E-state index contributed by atoms with van der Waals surface area (Å²) in [6.07, 6.45) is -4.77. The Labute approximate surface area is 149 Å². The molecule has 3 aromatic rings. The molecule has 26 heavy (non-hydrogen) atoms. The summed E-state index contributed by atoms with van der Waals surface area (Å²) < 4.78 is 52.8. The molecule has 5 nitrogen and oxygen atoms in total. The van der Waals surface area contributed by atoms with E-state index in [4.69, 9.17) is 17.3 Å². The number of nitrogens with two attached hydrogens (primary N) is 1. The molecule has 0 spiro atoms. The van der Waals surface area contributed by atoms with Crippen molar-refractivity contribution in [3.05, 3.63) is 68.8 Å². The van der Waals surface area contributed by atoms with E-state index < -0.39 is 23.2 Å². The smallest absolute Gasteiger partial charge is 0.326 e. The number of alkyl halides is 3. The lowest BCUT2D eigenvalue weighted by Crippen LogP contribution is -2.17. The van der Waals surface area contributed by atoms with Gasteiger partial charge in [-0.2, -0.15) is 17.9 Å². The van der Waals surface area contributed by atoms with Crippen molar-refractivity contribution in [2.24, 2.45) is 5.73 Å². The number of benzene rings is 2. The first-order valence-corrected chi connectivity index (χ1v) is 7.63. The van der Waals surface area contributed by atoms with Gasteiger partial charge in [0, 0.05) is 12.1 Å². The van der Waals surface area contributed by atoms with E-state index in [-0.39, 0.29) is 23.1 Å². The Balaban J connectivity index is 2.13. The predicted octanol–water partition coefficient (Wildman–Crippen LogP) is 3.50. The van der Waals surface area contributed by atoms with Gasteiger partial charge in [0.15, 0.2) is 5.82 Å². The zero-order chi connectivity index (χ0) is 19.1. The molecule has 10 heteroatoms. The molecule has 0 amide bonds. The Bertz CT molecular complexity index is 1030. The molecule has 0 aliphatic heterocycles. The van der Waals surface area contributed by atoms with Crippen molar-refractivity contribution in [2.75, 3.05) is 0 Å². The molecule has 0 aliphatic rings. The van der Waals surface area contributed by atoms with Crippen LogP contribution in [-0.2, 0) is 12.7 Å². The van der Waals surface area contributed by atoms with E-state index in [1.54, 1.807) is 18.2 Å². The fourth-order valence-electron chi connectivity index (χ4n) is 2.36. The molecular formula is C16H11ClF4N4O. The number of nitrogens with zero attached hydrogens (tertiary/aromatic N) is 2. The van der Waals surface area contributed by atoms with Gasteiger partial charge in [0.05, 0.1) is 16.3 Å². The quantitative estimate of drug-likeness (QED) is 0.676. The summed E-state index contributed by atoms with van der Waals surface area (Å²) in [5, 5.41) is 4.20. The first kappa shape index (κ1) is 18.2. The summed E-state index contributed by atoms with van der Waals surface area (Å²) >= 11 is 6.08. The minimum absolute atomic E-state index is 0.0214. The number of aromatic amines is 1. The molecule has 3 N–H and O–H groups in total. The van der Waals surface area contributed by atoms with Gasteiger partial charge in [-0.1, -0.05) is 17.7 Å². The first-order chi connectivity index (χ1) is 12.2. The molecule has 0 fully saturated rings. The minimum Gasteiger partial charge on any atom is -0.326 e. The second kappa shape index (κ2) is 6.58. The molecule has 136 valence electrons. The van der Waals surface area contributed by atoms with Crippen LogP contribution in [0.5, 0.6) is 0 Å². The highest BCUT2D eigenvalue weighted by atomic mass is 35.5. The van der Waals surface area contributed by atoms with Crippen LogP contribution in [0.2, 0.25) is 5.02 Å². The van der Waals surface area contributed by atoms with Crippen LogP contribution >= 0.6 is 11.6 Å². The summed E-state index contributed by atoms with van der Waals surface area (Å²) in [5.41, 5.74) is 4.18. The number of hydrogen-bond acceptors (Lipinski definition) is 3. The lowest BCUT2D eigenvalue weighted by Gasteiger charge is -2.08. The molecule has 0 saturated heterocycles. The van der Waals surface area contributed by atoms with Crippen molar-refractivity contribution in [1.82, 2.24) is 14.8 Å². The van der Waals surface area contributed by atoms with E-state index in [1.165, 1.54) is 0 Å². The zero-order valence-electron chi connectivity index (χ0n) is 12.9. The molecule has 0 bridgehead atoms. The number of nitrogens with one attached hydrogen (secondary N) is 1. The summed E-state index contributed by atoms with van der Waals surface area (Å²) in [4.78, 5) is 14.5. The van der Waals surface area contributed by atoms with E-state index in [0.717, 1.165) is 6.07 Å². The summed E-state index contributed by atoms with van der Waals surface area (Å²) in [6, 6.07) is 6.58. The maximum absolute atomic E-state index is 13.6. The van der Waals surface area contributed by atoms with Crippen LogP contribution in [0.1, 0.15) is 11.1 Å². The molecule has 2 aromatic carbocycles. The largest absolute Gasteiger partial charge is 0.416 e. The third-order valence-corrected chi connectivity index (χ3v) is 3.92. The maximum Gasteiger partial charge on any atom is 0.416 e. The second-order valence-electron chi connectivity index (χ2n) is 5.40. The molecule has 1 aromatic heterocycles. The van der Waals surface area contributed by atoms with Gasteiger partial charge in [-0.15, -0.1) is 5.10 Å². The van der Waals surface area contributed by atoms with Crippen molar-refractivity contribution in [2.45, 2.75) is 12.7 Å². The standard InChI is InChI=1S/C16H11ClF4N4O/c17-13-2-1-8(7-22)3-12(13)14-23-15(26)25(24-14)11-5-9(16(19,20)21)4-10(18)6-11/h1-6H,7,22H2,(H,23,24,26). The molecule has 0 saturated carbocycles. The van der Waals surface area contributed by atoms with Crippen molar-refractivity contribution < 1.29 is 17.6 Å². The Morgan fingerprint density at radius 3 is 2.58 bits per heavy atom. The Kier molecular flexibility index (Phi) is 4.59. The average molecular weight is 387 g/mol. The number of H-pyrrole nitrogens is 1. The van der Waals surface area contributed by atoms with E-state index in [2.05, 4.69) is 10.1 Å². The summed E-state index contributed by atoms with van der Waals surface area (Å²) in [5.74, 6) is -1.12. The fraction of sp³-hybridized carbons (Fsp3) is 0.125. The van der Waals surface area contributed by atoms with Crippen LogP contribution in [0.3, 0.4) is 0 Å². The van der Waals surface area contributed by atoms with Crippen LogP contribution in [0.15, 0.2) is 41.2 Å².